The Morgan fingerprint density at radius 1 is 1.45 bits per heavy atom. The molecule has 0 aliphatic heterocycles. The Hall–Kier alpha value is -2.38. The van der Waals surface area contributed by atoms with Crippen molar-refractivity contribution in [2.75, 3.05) is 11.9 Å². The van der Waals surface area contributed by atoms with Crippen molar-refractivity contribution >= 4 is 17.5 Å². The summed E-state index contributed by atoms with van der Waals surface area (Å²) in [6.07, 6.45) is -0.550. The third kappa shape index (κ3) is 5.94. The maximum Gasteiger partial charge on any atom is 0.407 e. The third-order valence-electron chi connectivity index (χ3n) is 2.51. The summed E-state index contributed by atoms with van der Waals surface area (Å²) in [5.74, 6) is -0.893. The summed E-state index contributed by atoms with van der Waals surface area (Å²) in [4.78, 5) is 21.4. The van der Waals surface area contributed by atoms with Crippen molar-refractivity contribution in [1.82, 2.24) is 5.32 Å². The number of halogens is 1. The molecule has 0 saturated heterocycles. The molecule has 0 saturated carbocycles. The summed E-state index contributed by atoms with van der Waals surface area (Å²) in [7, 11) is 0. The van der Waals surface area contributed by atoms with Crippen molar-refractivity contribution in [1.29, 1.82) is 0 Å². The van der Waals surface area contributed by atoms with Crippen LogP contribution in [0.2, 0.25) is 0 Å². The first-order valence-corrected chi connectivity index (χ1v) is 6.76. The number of nitro benzene ring substituents is 1. The van der Waals surface area contributed by atoms with Gasteiger partial charge in [0, 0.05) is 24.3 Å². The summed E-state index contributed by atoms with van der Waals surface area (Å²) in [5, 5.41) is 16.2. The van der Waals surface area contributed by atoms with Crippen molar-refractivity contribution < 1.29 is 18.8 Å². The second kappa shape index (κ2) is 7.06. The van der Waals surface area contributed by atoms with E-state index in [0.717, 1.165) is 12.1 Å². The Labute approximate surface area is 128 Å². The zero-order valence-corrected chi connectivity index (χ0v) is 13.0. The molecule has 1 aromatic rings. The van der Waals surface area contributed by atoms with E-state index in [1.807, 2.05) is 0 Å². The van der Waals surface area contributed by atoms with Gasteiger partial charge in [-0.15, -0.1) is 0 Å². The minimum absolute atomic E-state index is 0.224. The fraction of sp³-hybridized carbons (Fsp3) is 0.500. The SMILES string of the molecule is CC(CNC(=O)OC(C)(C)C)Nc1ccc(F)c([N+](=O)[O-])c1. The van der Waals surface area contributed by atoms with E-state index in [4.69, 9.17) is 4.74 Å². The number of nitro groups is 1. The number of nitrogens with zero attached hydrogens (tertiary/aromatic N) is 1. The molecule has 0 spiro atoms. The first-order valence-electron chi connectivity index (χ1n) is 6.76. The van der Waals surface area contributed by atoms with Gasteiger partial charge in [0.15, 0.2) is 0 Å². The lowest BCUT2D eigenvalue weighted by molar-refractivity contribution is -0.387. The Balaban J connectivity index is 2.55. The number of nitrogens with one attached hydrogen (secondary N) is 2. The van der Waals surface area contributed by atoms with E-state index in [-0.39, 0.29) is 12.6 Å². The highest BCUT2D eigenvalue weighted by atomic mass is 19.1. The lowest BCUT2D eigenvalue weighted by Gasteiger charge is -2.21. The van der Waals surface area contributed by atoms with E-state index in [1.54, 1.807) is 27.7 Å². The van der Waals surface area contributed by atoms with Crippen molar-refractivity contribution in [2.24, 2.45) is 0 Å². The van der Waals surface area contributed by atoms with Gasteiger partial charge < -0.3 is 15.4 Å². The molecule has 0 aliphatic rings. The lowest BCUT2D eigenvalue weighted by Crippen LogP contribution is -2.38. The van der Waals surface area contributed by atoms with E-state index in [9.17, 15) is 19.3 Å². The van der Waals surface area contributed by atoms with E-state index < -0.39 is 28.1 Å². The molecule has 1 unspecified atom stereocenters. The zero-order chi connectivity index (χ0) is 16.9. The maximum absolute atomic E-state index is 13.2. The lowest BCUT2D eigenvalue weighted by atomic mass is 10.2. The Morgan fingerprint density at radius 2 is 2.09 bits per heavy atom. The molecular weight excluding hydrogens is 293 g/mol. The maximum atomic E-state index is 13.2. The number of alkyl carbamates (subject to hydrolysis) is 1. The van der Waals surface area contributed by atoms with Crippen LogP contribution in [0.25, 0.3) is 0 Å². The largest absolute Gasteiger partial charge is 0.444 e. The molecule has 8 heteroatoms. The molecule has 1 aromatic carbocycles. The normalized spacial score (nSPS) is 12.4. The van der Waals surface area contributed by atoms with Crippen LogP contribution in [0.15, 0.2) is 18.2 Å². The number of carbonyl (C=O) groups excluding carboxylic acids is 1. The fourth-order valence-electron chi connectivity index (χ4n) is 1.63. The van der Waals surface area contributed by atoms with Gasteiger partial charge in [-0.05, 0) is 39.8 Å². The van der Waals surface area contributed by atoms with Crippen molar-refractivity contribution in [3.05, 3.63) is 34.1 Å². The van der Waals surface area contributed by atoms with Crippen LogP contribution in [0.1, 0.15) is 27.7 Å². The molecule has 2 N–H and O–H groups in total. The number of ether oxygens (including phenoxy) is 1. The number of rotatable bonds is 5. The van der Waals surface area contributed by atoms with Crippen LogP contribution in [0.3, 0.4) is 0 Å². The molecule has 0 heterocycles. The van der Waals surface area contributed by atoms with Crippen LogP contribution in [0.4, 0.5) is 20.6 Å². The molecule has 1 amide bonds. The average molecular weight is 313 g/mol. The quantitative estimate of drug-likeness (QED) is 0.643. The molecule has 122 valence electrons. The first-order chi connectivity index (χ1) is 10.1. The van der Waals surface area contributed by atoms with Gasteiger partial charge in [0.2, 0.25) is 5.82 Å². The summed E-state index contributed by atoms with van der Waals surface area (Å²) in [6.45, 7) is 7.29. The molecule has 7 nitrogen and oxygen atoms in total. The molecule has 0 radical (unpaired) electrons. The Morgan fingerprint density at radius 3 is 2.64 bits per heavy atom. The van der Waals surface area contributed by atoms with Gasteiger partial charge in [-0.2, -0.15) is 4.39 Å². The predicted molar refractivity (Wildman–Crippen MR) is 80.4 cm³/mol. The van der Waals surface area contributed by atoms with Crippen LogP contribution in [0, 0.1) is 15.9 Å². The zero-order valence-electron chi connectivity index (χ0n) is 13.0. The van der Waals surface area contributed by atoms with E-state index >= 15 is 0 Å². The number of anilines is 1. The topological polar surface area (TPSA) is 93.5 Å². The van der Waals surface area contributed by atoms with Crippen LogP contribution in [0.5, 0.6) is 0 Å². The highest BCUT2D eigenvalue weighted by molar-refractivity contribution is 5.67. The Kier molecular flexibility index (Phi) is 5.67. The molecule has 22 heavy (non-hydrogen) atoms. The number of hydrogen-bond donors (Lipinski definition) is 2. The molecular formula is C14H20FN3O4. The smallest absolute Gasteiger partial charge is 0.407 e. The number of carbonyl (C=O) groups is 1. The third-order valence-corrected chi connectivity index (χ3v) is 2.51. The molecule has 0 bridgehead atoms. The van der Waals surface area contributed by atoms with Crippen molar-refractivity contribution in [2.45, 2.75) is 39.3 Å². The van der Waals surface area contributed by atoms with Gasteiger partial charge >= 0.3 is 11.8 Å². The first kappa shape index (κ1) is 17.7. The van der Waals surface area contributed by atoms with Crippen LogP contribution >= 0.6 is 0 Å². The van der Waals surface area contributed by atoms with Gasteiger partial charge in [-0.1, -0.05) is 0 Å². The number of amides is 1. The minimum atomic E-state index is -0.893. The van der Waals surface area contributed by atoms with E-state index in [0.29, 0.717) is 5.69 Å². The average Bonchev–Trinajstić information content (AvgIpc) is 2.36. The summed E-state index contributed by atoms with van der Waals surface area (Å²) < 4.78 is 18.3. The molecule has 0 aliphatic carbocycles. The highest BCUT2D eigenvalue weighted by Gasteiger charge is 2.17. The Bertz CT molecular complexity index is 558. The minimum Gasteiger partial charge on any atom is -0.444 e. The molecule has 1 rings (SSSR count). The highest BCUT2D eigenvalue weighted by Crippen LogP contribution is 2.22. The fourth-order valence-corrected chi connectivity index (χ4v) is 1.63. The summed E-state index contributed by atoms with van der Waals surface area (Å²) in [6, 6.07) is 3.30. The van der Waals surface area contributed by atoms with Crippen LogP contribution < -0.4 is 10.6 Å². The van der Waals surface area contributed by atoms with Gasteiger partial charge in [0.25, 0.3) is 0 Å². The van der Waals surface area contributed by atoms with Gasteiger partial charge in [-0.3, -0.25) is 10.1 Å². The number of benzene rings is 1. The molecule has 0 aromatic heterocycles. The van der Waals surface area contributed by atoms with Crippen LogP contribution in [-0.4, -0.2) is 29.2 Å². The monoisotopic (exact) mass is 313 g/mol. The predicted octanol–water partition coefficient (Wildman–Crippen LogP) is 3.06. The molecule has 1 atom stereocenters. The van der Waals surface area contributed by atoms with Gasteiger partial charge in [0.05, 0.1) is 4.92 Å². The van der Waals surface area contributed by atoms with Gasteiger partial charge in [0.1, 0.15) is 5.60 Å². The van der Waals surface area contributed by atoms with Crippen LogP contribution in [-0.2, 0) is 4.74 Å². The molecule has 0 fully saturated rings. The number of hydrogen-bond acceptors (Lipinski definition) is 5. The van der Waals surface area contributed by atoms with E-state index in [1.165, 1.54) is 6.07 Å². The van der Waals surface area contributed by atoms with E-state index in [2.05, 4.69) is 10.6 Å². The van der Waals surface area contributed by atoms with Crippen molar-refractivity contribution in [3.8, 4) is 0 Å². The standard InChI is InChI=1S/C14H20FN3O4/c1-9(8-16-13(19)22-14(2,3)4)17-10-5-6-11(15)12(7-10)18(20)21/h5-7,9,17H,8H2,1-4H3,(H,16,19). The summed E-state index contributed by atoms with van der Waals surface area (Å²) in [5.41, 5.74) is -0.790. The van der Waals surface area contributed by atoms with Gasteiger partial charge in [-0.25, -0.2) is 4.79 Å². The second-order valence-corrected chi connectivity index (χ2v) is 5.85. The second-order valence-electron chi connectivity index (χ2n) is 5.85. The van der Waals surface area contributed by atoms with Crippen molar-refractivity contribution in [3.63, 3.8) is 0 Å². The summed E-state index contributed by atoms with van der Waals surface area (Å²) >= 11 is 0.